The van der Waals surface area contributed by atoms with Crippen LogP contribution in [0.25, 0.3) is 21.8 Å². The van der Waals surface area contributed by atoms with Gasteiger partial charge in [0.25, 0.3) is 0 Å². The molecule has 7 heteroatoms. The number of amides is 1. The fourth-order valence-electron chi connectivity index (χ4n) is 3.37. The molecule has 136 valence electrons. The Morgan fingerprint density at radius 2 is 1.78 bits per heavy atom. The van der Waals surface area contributed by atoms with Gasteiger partial charge < -0.3 is 10.3 Å². The maximum Gasteiger partial charge on any atom is 0.416 e. The minimum Gasteiger partial charge on any atom is -0.366 e. The quantitative estimate of drug-likeness (QED) is 0.583. The third kappa shape index (κ3) is 2.91. The minimum atomic E-state index is -4.46. The molecule has 4 nitrogen and oxygen atoms in total. The number of carbonyl (C=O) groups excluding carboxylic acids is 1. The van der Waals surface area contributed by atoms with Crippen molar-refractivity contribution in [1.82, 2.24) is 9.55 Å². The first-order chi connectivity index (χ1) is 12.9. The molecule has 0 spiro atoms. The normalized spacial score (nSPS) is 12.0. The first kappa shape index (κ1) is 17.1. The van der Waals surface area contributed by atoms with Gasteiger partial charge in [-0.2, -0.15) is 13.2 Å². The van der Waals surface area contributed by atoms with Crippen molar-refractivity contribution >= 4 is 27.7 Å². The highest BCUT2D eigenvalue weighted by atomic mass is 19.4. The van der Waals surface area contributed by atoms with Gasteiger partial charge in [-0.25, -0.2) is 0 Å². The van der Waals surface area contributed by atoms with Crippen LogP contribution >= 0.6 is 0 Å². The molecule has 0 aliphatic carbocycles. The molecule has 0 saturated carbocycles. The van der Waals surface area contributed by atoms with E-state index < -0.39 is 17.6 Å². The molecule has 2 aromatic carbocycles. The van der Waals surface area contributed by atoms with Gasteiger partial charge in [-0.05, 0) is 42.0 Å². The molecular formula is C20H14F3N3O. The lowest BCUT2D eigenvalue weighted by Gasteiger charge is -2.10. The summed E-state index contributed by atoms with van der Waals surface area (Å²) in [5.41, 5.74) is 6.96. The summed E-state index contributed by atoms with van der Waals surface area (Å²) in [6.07, 6.45) is -1.21. The highest BCUT2D eigenvalue weighted by molar-refractivity contribution is 6.18. The molecule has 0 aliphatic heterocycles. The molecule has 0 bridgehead atoms. The van der Waals surface area contributed by atoms with Gasteiger partial charge in [0, 0.05) is 35.3 Å². The van der Waals surface area contributed by atoms with Crippen molar-refractivity contribution in [2.45, 2.75) is 12.7 Å². The van der Waals surface area contributed by atoms with Gasteiger partial charge in [-0.3, -0.25) is 9.78 Å². The van der Waals surface area contributed by atoms with E-state index in [2.05, 4.69) is 4.98 Å². The Morgan fingerprint density at radius 1 is 1.04 bits per heavy atom. The lowest BCUT2D eigenvalue weighted by molar-refractivity contribution is -0.137. The summed E-state index contributed by atoms with van der Waals surface area (Å²) >= 11 is 0. The summed E-state index contributed by atoms with van der Waals surface area (Å²) in [7, 11) is 0. The fraction of sp³-hybridized carbons (Fsp3) is 0.100. The van der Waals surface area contributed by atoms with Gasteiger partial charge in [0.1, 0.15) is 0 Å². The van der Waals surface area contributed by atoms with E-state index >= 15 is 0 Å². The summed E-state index contributed by atoms with van der Waals surface area (Å²) in [5.74, 6) is -0.622. The van der Waals surface area contributed by atoms with Crippen LogP contribution < -0.4 is 5.73 Å². The molecule has 0 saturated heterocycles. The Kier molecular flexibility index (Phi) is 3.87. The average Bonchev–Trinajstić information content (AvgIpc) is 2.95. The third-order valence-electron chi connectivity index (χ3n) is 4.57. The summed E-state index contributed by atoms with van der Waals surface area (Å²) < 4.78 is 41.5. The number of rotatable bonds is 3. The van der Waals surface area contributed by atoms with E-state index in [-0.39, 0.29) is 5.56 Å². The van der Waals surface area contributed by atoms with Crippen molar-refractivity contribution in [1.29, 1.82) is 0 Å². The molecule has 4 aromatic rings. The molecule has 1 amide bonds. The Bertz CT molecular complexity index is 1160. The predicted molar refractivity (Wildman–Crippen MR) is 96.3 cm³/mol. The summed E-state index contributed by atoms with van der Waals surface area (Å²) in [4.78, 5) is 15.8. The number of nitrogens with zero attached hydrogens (tertiary/aromatic N) is 2. The van der Waals surface area contributed by atoms with Crippen LogP contribution in [-0.2, 0) is 12.7 Å². The molecule has 0 fully saturated rings. The van der Waals surface area contributed by atoms with Crippen LogP contribution in [0, 0.1) is 0 Å². The van der Waals surface area contributed by atoms with Crippen molar-refractivity contribution in [2.75, 3.05) is 0 Å². The number of halogens is 3. The number of primary amides is 1. The zero-order valence-corrected chi connectivity index (χ0v) is 14.0. The van der Waals surface area contributed by atoms with Crippen LogP contribution in [0.2, 0.25) is 0 Å². The lowest BCUT2D eigenvalue weighted by Crippen LogP contribution is -2.11. The molecule has 2 aromatic heterocycles. The number of benzene rings is 2. The van der Waals surface area contributed by atoms with Gasteiger partial charge in [-0.15, -0.1) is 0 Å². The number of hydrogen-bond donors (Lipinski definition) is 1. The Morgan fingerprint density at radius 3 is 2.44 bits per heavy atom. The molecule has 0 aliphatic rings. The highest BCUT2D eigenvalue weighted by Crippen LogP contribution is 2.37. The van der Waals surface area contributed by atoms with Crippen LogP contribution in [0.15, 0.2) is 60.9 Å². The van der Waals surface area contributed by atoms with Gasteiger partial charge in [0.15, 0.2) is 0 Å². The van der Waals surface area contributed by atoms with E-state index in [0.717, 1.165) is 17.7 Å². The van der Waals surface area contributed by atoms with Crippen LogP contribution in [0.4, 0.5) is 13.2 Å². The minimum absolute atomic E-state index is 0.283. The van der Waals surface area contributed by atoms with E-state index in [0.29, 0.717) is 28.4 Å². The van der Waals surface area contributed by atoms with E-state index in [1.165, 1.54) is 6.07 Å². The van der Waals surface area contributed by atoms with Gasteiger partial charge in [0.05, 0.1) is 16.6 Å². The summed E-state index contributed by atoms with van der Waals surface area (Å²) in [6, 6.07) is 12.2. The second-order valence-electron chi connectivity index (χ2n) is 6.24. The lowest BCUT2D eigenvalue weighted by atomic mass is 10.0. The van der Waals surface area contributed by atoms with E-state index in [9.17, 15) is 18.0 Å². The fourth-order valence-corrected chi connectivity index (χ4v) is 3.37. The standard InChI is InChI=1S/C20H14F3N3O/c21-20(22,23)13-4-5-14-17(10-13)26(11-12-6-8-25-9-7-12)16-3-1-2-15(18(14)16)19(24)27/h1-10H,11H2,(H2,24,27). The first-order valence-corrected chi connectivity index (χ1v) is 8.17. The Balaban J connectivity index is 2.07. The van der Waals surface area contributed by atoms with E-state index in [4.69, 9.17) is 5.73 Å². The molecule has 27 heavy (non-hydrogen) atoms. The van der Waals surface area contributed by atoms with Gasteiger partial charge in [0.2, 0.25) is 5.91 Å². The zero-order valence-electron chi connectivity index (χ0n) is 14.0. The number of alkyl halides is 3. The number of pyridine rings is 1. The van der Waals surface area contributed by atoms with Crippen LogP contribution in [0.3, 0.4) is 0 Å². The summed E-state index contributed by atoms with van der Waals surface area (Å²) in [5, 5.41) is 1.12. The Hall–Kier alpha value is -3.35. The van der Waals surface area contributed by atoms with Crippen molar-refractivity contribution in [2.24, 2.45) is 5.73 Å². The van der Waals surface area contributed by atoms with Gasteiger partial charge in [-0.1, -0.05) is 12.1 Å². The van der Waals surface area contributed by atoms with E-state index in [1.807, 2.05) is 0 Å². The molecule has 4 rings (SSSR count). The number of fused-ring (bicyclic) bond motifs is 3. The molecular weight excluding hydrogens is 355 g/mol. The topological polar surface area (TPSA) is 60.9 Å². The predicted octanol–water partition coefficient (Wildman–Crippen LogP) is 4.36. The second-order valence-corrected chi connectivity index (χ2v) is 6.24. The molecule has 0 unspecified atom stereocenters. The molecule has 2 heterocycles. The number of nitrogens with two attached hydrogens (primary N) is 1. The first-order valence-electron chi connectivity index (χ1n) is 8.17. The second kappa shape index (κ2) is 6.12. The monoisotopic (exact) mass is 369 g/mol. The average molecular weight is 369 g/mol. The van der Waals surface area contributed by atoms with Crippen molar-refractivity contribution < 1.29 is 18.0 Å². The zero-order chi connectivity index (χ0) is 19.2. The van der Waals surface area contributed by atoms with Crippen molar-refractivity contribution in [3.8, 4) is 0 Å². The van der Waals surface area contributed by atoms with Crippen LogP contribution in [-0.4, -0.2) is 15.5 Å². The largest absolute Gasteiger partial charge is 0.416 e. The SMILES string of the molecule is NC(=O)c1cccc2c1c1ccc(C(F)(F)F)cc1n2Cc1ccncc1. The van der Waals surface area contributed by atoms with E-state index in [1.54, 1.807) is 47.3 Å². The Labute approximate surface area is 152 Å². The summed E-state index contributed by atoms with van der Waals surface area (Å²) in [6.45, 7) is 0.339. The third-order valence-corrected chi connectivity index (χ3v) is 4.57. The van der Waals surface area contributed by atoms with Crippen LogP contribution in [0.5, 0.6) is 0 Å². The van der Waals surface area contributed by atoms with Crippen molar-refractivity contribution in [3.05, 3.63) is 77.6 Å². The van der Waals surface area contributed by atoms with Crippen molar-refractivity contribution in [3.63, 3.8) is 0 Å². The number of carbonyl (C=O) groups is 1. The molecule has 0 atom stereocenters. The van der Waals surface area contributed by atoms with Gasteiger partial charge >= 0.3 is 6.18 Å². The maximum absolute atomic E-state index is 13.2. The number of hydrogen-bond acceptors (Lipinski definition) is 2. The molecule has 0 radical (unpaired) electrons. The maximum atomic E-state index is 13.2. The molecule has 2 N–H and O–H groups in total. The highest BCUT2D eigenvalue weighted by Gasteiger charge is 2.31. The van der Waals surface area contributed by atoms with Crippen LogP contribution in [0.1, 0.15) is 21.5 Å². The number of aromatic nitrogens is 2. The smallest absolute Gasteiger partial charge is 0.366 e.